The third-order valence-electron chi connectivity index (χ3n) is 5.16. The Kier molecular flexibility index (Phi) is 3.57. The number of ketones is 1. The van der Waals surface area contributed by atoms with Crippen LogP contribution >= 0.6 is 0 Å². The Balaban J connectivity index is 1.77. The van der Waals surface area contributed by atoms with Gasteiger partial charge in [-0.3, -0.25) is 4.79 Å². The van der Waals surface area contributed by atoms with E-state index in [-0.39, 0.29) is 5.78 Å². The van der Waals surface area contributed by atoms with Gasteiger partial charge < -0.3 is 0 Å². The molecule has 1 nitrogen and oxygen atoms in total. The lowest BCUT2D eigenvalue weighted by Crippen LogP contribution is -2.30. The van der Waals surface area contributed by atoms with Gasteiger partial charge >= 0.3 is 0 Å². The SMILES string of the molecule is C[C@@]1(c2ccccc2Cc2ccccc2)Cc2ccccc2C1=O. The van der Waals surface area contributed by atoms with Gasteiger partial charge in [-0.05, 0) is 42.0 Å². The van der Waals surface area contributed by atoms with Gasteiger partial charge in [0.1, 0.15) is 0 Å². The summed E-state index contributed by atoms with van der Waals surface area (Å²) in [6.45, 7) is 2.10. The van der Waals surface area contributed by atoms with Gasteiger partial charge in [0.05, 0.1) is 5.41 Å². The van der Waals surface area contributed by atoms with E-state index in [9.17, 15) is 4.79 Å². The van der Waals surface area contributed by atoms with E-state index >= 15 is 0 Å². The normalized spacial score (nSPS) is 19.3. The number of carbonyl (C=O) groups is 1. The van der Waals surface area contributed by atoms with Crippen molar-refractivity contribution in [2.24, 2.45) is 0 Å². The average Bonchev–Trinajstić information content (AvgIpc) is 2.88. The lowest BCUT2D eigenvalue weighted by molar-refractivity contribution is 0.0914. The zero-order valence-corrected chi connectivity index (χ0v) is 13.8. The summed E-state index contributed by atoms with van der Waals surface area (Å²) < 4.78 is 0. The predicted molar refractivity (Wildman–Crippen MR) is 97.5 cm³/mol. The van der Waals surface area contributed by atoms with Crippen LogP contribution in [0.1, 0.15) is 39.5 Å². The highest BCUT2D eigenvalue weighted by molar-refractivity contribution is 6.08. The summed E-state index contributed by atoms with van der Waals surface area (Å²) in [6, 6.07) is 26.9. The molecule has 1 aliphatic rings. The van der Waals surface area contributed by atoms with Crippen LogP contribution in [0.25, 0.3) is 0 Å². The number of hydrogen-bond donors (Lipinski definition) is 0. The van der Waals surface area contributed by atoms with Gasteiger partial charge in [-0.15, -0.1) is 0 Å². The molecule has 3 aromatic carbocycles. The number of rotatable bonds is 3. The molecule has 118 valence electrons. The molecule has 4 rings (SSSR count). The molecule has 0 unspecified atom stereocenters. The molecule has 1 atom stereocenters. The summed E-state index contributed by atoms with van der Waals surface area (Å²) in [5.74, 6) is 0.249. The first-order chi connectivity index (χ1) is 11.7. The van der Waals surface area contributed by atoms with Gasteiger partial charge in [0.15, 0.2) is 5.78 Å². The summed E-state index contributed by atoms with van der Waals surface area (Å²) in [6.07, 6.45) is 1.64. The van der Waals surface area contributed by atoms with Crippen molar-refractivity contribution in [3.63, 3.8) is 0 Å². The van der Waals surface area contributed by atoms with Crippen LogP contribution in [0.4, 0.5) is 0 Å². The molecule has 0 aliphatic heterocycles. The van der Waals surface area contributed by atoms with Crippen molar-refractivity contribution in [2.75, 3.05) is 0 Å². The summed E-state index contributed by atoms with van der Waals surface area (Å²) in [5.41, 5.74) is 5.27. The highest BCUT2D eigenvalue weighted by Gasteiger charge is 2.43. The van der Waals surface area contributed by atoms with E-state index in [1.165, 1.54) is 16.7 Å². The van der Waals surface area contributed by atoms with Crippen LogP contribution in [-0.2, 0) is 18.3 Å². The molecule has 3 aromatic rings. The van der Waals surface area contributed by atoms with E-state index in [0.717, 1.165) is 24.0 Å². The largest absolute Gasteiger partial charge is 0.293 e. The van der Waals surface area contributed by atoms with Crippen LogP contribution < -0.4 is 0 Å². The van der Waals surface area contributed by atoms with Crippen LogP contribution in [0, 0.1) is 0 Å². The van der Waals surface area contributed by atoms with Crippen LogP contribution in [0.5, 0.6) is 0 Å². The summed E-state index contributed by atoms with van der Waals surface area (Å²) in [4.78, 5) is 13.1. The average molecular weight is 312 g/mol. The van der Waals surface area contributed by atoms with E-state index in [4.69, 9.17) is 0 Å². The Hall–Kier alpha value is -2.67. The maximum atomic E-state index is 13.1. The van der Waals surface area contributed by atoms with E-state index in [1.807, 2.05) is 30.3 Å². The molecule has 0 spiro atoms. The van der Waals surface area contributed by atoms with Gasteiger partial charge in [0.25, 0.3) is 0 Å². The molecular weight excluding hydrogens is 292 g/mol. The Morgan fingerprint density at radius 3 is 2.29 bits per heavy atom. The van der Waals surface area contributed by atoms with Gasteiger partial charge in [-0.25, -0.2) is 0 Å². The first-order valence-corrected chi connectivity index (χ1v) is 8.43. The number of benzene rings is 3. The topological polar surface area (TPSA) is 17.1 Å². The molecule has 0 bridgehead atoms. The smallest absolute Gasteiger partial charge is 0.173 e. The minimum Gasteiger partial charge on any atom is -0.293 e. The van der Waals surface area contributed by atoms with Crippen molar-refractivity contribution in [3.8, 4) is 0 Å². The van der Waals surface area contributed by atoms with Gasteiger partial charge in [-0.2, -0.15) is 0 Å². The standard InChI is InChI=1S/C23H20O/c1-23(16-19-12-5-7-13-20(19)22(23)24)21-14-8-6-11-18(21)15-17-9-3-2-4-10-17/h2-14H,15-16H2,1H3/t23-/m0/s1. The molecular formula is C23H20O. The minimum absolute atomic E-state index is 0.249. The first kappa shape index (κ1) is 14.9. The lowest BCUT2D eigenvalue weighted by Gasteiger charge is -2.26. The fourth-order valence-electron chi connectivity index (χ4n) is 3.90. The van der Waals surface area contributed by atoms with Crippen molar-refractivity contribution in [3.05, 3.63) is 107 Å². The first-order valence-electron chi connectivity index (χ1n) is 8.43. The van der Waals surface area contributed by atoms with E-state index in [0.29, 0.717) is 0 Å². The van der Waals surface area contributed by atoms with Crippen molar-refractivity contribution >= 4 is 5.78 Å². The Morgan fingerprint density at radius 1 is 0.833 bits per heavy atom. The highest BCUT2D eigenvalue weighted by atomic mass is 16.1. The number of carbonyl (C=O) groups excluding carboxylic acids is 1. The monoisotopic (exact) mass is 312 g/mol. The summed E-state index contributed by atoms with van der Waals surface area (Å²) >= 11 is 0. The maximum absolute atomic E-state index is 13.1. The molecule has 0 heterocycles. The van der Waals surface area contributed by atoms with Crippen molar-refractivity contribution < 1.29 is 4.79 Å². The molecule has 0 aromatic heterocycles. The van der Waals surface area contributed by atoms with Gasteiger partial charge in [0.2, 0.25) is 0 Å². The second-order valence-electron chi connectivity index (χ2n) is 6.81. The molecule has 0 radical (unpaired) electrons. The van der Waals surface area contributed by atoms with Crippen LogP contribution in [0.15, 0.2) is 78.9 Å². The van der Waals surface area contributed by atoms with Crippen LogP contribution in [0.2, 0.25) is 0 Å². The van der Waals surface area contributed by atoms with E-state index < -0.39 is 5.41 Å². The third-order valence-corrected chi connectivity index (χ3v) is 5.16. The van der Waals surface area contributed by atoms with Crippen molar-refractivity contribution in [1.82, 2.24) is 0 Å². The number of Topliss-reactive ketones (excluding diaryl/α,β-unsaturated/α-hetero) is 1. The second-order valence-corrected chi connectivity index (χ2v) is 6.81. The Bertz CT molecular complexity index is 895. The zero-order valence-electron chi connectivity index (χ0n) is 13.8. The Labute approximate surface area is 143 Å². The molecule has 0 amide bonds. The van der Waals surface area contributed by atoms with Crippen LogP contribution in [0.3, 0.4) is 0 Å². The second kappa shape index (κ2) is 5.76. The maximum Gasteiger partial charge on any atom is 0.173 e. The molecule has 0 fully saturated rings. The van der Waals surface area contributed by atoms with Crippen molar-refractivity contribution in [1.29, 1.82) is 0 Å². The fourth-order valence-corrected chi connectivity index (χ4v) is 3.90. The lowest BCUT2D eigenvalue weighted by atomic mass is 9.76. The molecule has 0 saturated heterocycles. The molecule has 24 heavy (non-hydrogen) atoms. The fraction of sp³-hybridized carbons (Fsp3) is 0.174. The third kappa shape index (κ3) is 2.37. The minimum atomic E-state index is -0.463. The van der Waals surface area contributed by atoms with E-state index in [2.05, 4.69) is 55.5 Å². The predicted octanol–water partition coefficient (Wildman–Crippen LogP) is 4.97. The Morgan fingerprint density at radius 2 is 1.50 bits per heavy atom. The zero-order chi connectivity index (χ0) is 16.6. The van der Waals surface area contributed by atoms with E-state index in [1.54, 1.807) is 0 Å². The molecule has 1 heteroatoms. The molecule has 1 aliphatic carbocycles. The van der Waals surface area contributed by atoms with Crippen molar-refractivity contribution in [2.45, 2.75) is 25.2 Å². The number of fused-ring (bicyclic) bond motifs is 1. The quantitative estimate of drug-likeness (QED) is 0.667. The molecule has 0 saturated carbocycles. The summed E-state index contributed by atoms with van der Waals surface area (Å²) in [5, 5.41) is 0. The highest BCUT2D eigenvalue weighted by Crippen LogP contribution is 2.41. The van der Waals surface area contributed by atoms with Crippen LogP contribution in [-0.4, -0.2) is 5.78 Å². The van der Waals surface area contributed by atoms with Gasteiger partial charge in [-0.1, -0.05) is 78.9 Å². The van der Waals surface area contributed by atoms with Gasteiger partial charge in [0, 0.05) is 5.56 Å². The molecule has 0 N–H and O–H groups in total. The number of hydrogen-bond acceptors (Lipinski definition) is 1. The summed E-state index contributed by atoms with van der Waals surface area (Å²) in [7, 11) is 0.